The molecule has 0 aromatic heterocycles. The Hall–Kier alpha value is -3.07. The maximum atomic E-state index is 14.8. The number of hydrogen-bond donors (Lipinski definition) is 1. The van der Waals surface area contributed by atoms with Crippen LogP contribution in [0, 0.1) is 24.7 Å². The molecule has 1 spiro atoms. The second-order valence-corrected chi connectivity index (χ2v) is 14.3. The van der Waals surface area contributed by atoms with Crippen molar-refractivity contribution in [2.75, 3.05) is 24.6 Å². The summed E-state index contributed by atoms with van der Waals surface area (Å²) in [6, 6.07) is 14.0. The van der Waals surface area contributed by atoms with E-state index in [9.17, 15) is 19.5 Å². The molecule has 4 aliphatic heterocycles. The highest BCUT2D eigenvalue weighted by Crippen LogP contribution is 2.61. The molecule has 43 heavy (non-hydrogen) atoms. The number of benzene rings is 2. The smallest absolute Gasteiger partial charge is 0.251 e. The zero-order chi connectivity index (χ0) is 30.5. The number of aliphatic hydroxyl groups is 1. The van der Waals surface area contributed by atoms with E-state index < -0.39 is 28.7 Å². The lowest BCUT2D eigenvalue weighted by atomic mass is 9.78. The predicted molar refractivity (Wildman–Crippen MR) is 171 cm³/mol. The lowest BCUT2D eigenvalue weighted by molar-refractivity contribution is -0.145. The zero-order valence-corrected chi connectivity index (χ0v) is 26.3. The van der Waals surface area contributed by atoms with E-state index in [1.54, 1.807) is 27.6 Å². The Bertz CT molecular complexity index is 1460. The molecule has 7 nitrogen and oxygen atoms in total. The van der Waals surface area contributed by atoms with Gasteiger partial charge in [0.05, 0.1) is 39.9 Å². The minimum Gasteiger partial charge on any atom is -0.394 e. The molecule has 4 aliphatic rings. The van der Waals surface area contributed by atoms with Crippen LogP contribution in [-0.4, -0.2) is 74.4 Å². The second kappa shape index (κ2) is 11.8. The Morgan fingerprint density at radius 1 is 1.00 bits per heavy atom. The molecule has 2 aromatic carbocycles. The van der Waals surface area contributed by atoms with Gasteiger partial charge >= 0.3 is 0 Å². The molecule has 1 N–H and O–H groups in total. The fourth-order valence-electron chi connectivity index (χ4n) is 7.45. The molecule has 0 saturated carbocycles. The minimum absolute atomic E-state index is 0.0736. The van der Waals surface area contributed by atoms with Crippen LogP contribution >= 0.6 is 23.4 Å². The molecular formula is C34H38ClN3O4S. The van der Waals surface area contributed by atoms with Crippen molar-refractivity contribution in [1.29, 1.82) is 0 Å². The highest BCUT2D eigenvalue weighted by Gasteiger charge is 2.71. The van der Waals surface area contributed by atoms with Crippen molar-refractivity contribution in [2.24, 2.45) is 17.8 Å². The van der Waals surface area contributed by atoms with Crippen LogP contribution in [0.2, 0.25) is 5.02 Å². The maximum Gasteiger partial charge on any atom is 0.251 e. The number of rotatable bonds is 7. The van der Waals surface area contributed by atoms with Crippen molar-refractivity contribution in [3.05, 3.63) is 89.0 Å². The van der Waals surface area contributed by atoms with E-state index in [1.165, 1.54) is 0 Å². The maximum absolute atomic E-state index is 14.8. The lowest BCUT2D eigenvalue weighted by Gasteiger charge is -2.39. The number of carbonyl (C=O) groups excluding carboxylic acids is 3. The normalized spacial score (nSPS) is 29.1. The number of amides is 3. The number of anilines is 1. The molecule has 0 radical (unpaired) electrons. The number of nitrogens with zero attached hydrogens (tertiary/aromatic N) is 3. The fraction of sp³-hybridized carbons (Fsp3) is 0.441. The van der Waals surface area contributed by atoms with Crippen LogP contribution in [0.3, 0.4) is 0 Å². The van der Waals surface area contributed by atoms with E-state index in [4.69, 9.17) is 11.6 Å². The average molecular weight is 620 g/mol. The van der Waals surface area contributed by atoms with Gasteiger partial charge in [0.2, 0.25) is 11.8 Å². The van der Waals surface area contributed by atoms with Crippen molar-refractivity contribution in [2.45, 2.75) is 55.8 Å². The Balaban J connectivity index is 1.45. The molecule has 2 saturated heterocycles. The number of para-hydroxylation sites is 1. The number of hydrogen-bond acceptors (Lipinski definition) is 5. The molecular weight excluding hydrogens is 582 g/mol. The number of aliphatic hydroxyl groups excluding tert-OH is 1. The molecule has 1 unspecified atom stereocenters. The zero-order valence-electron chi connectivity index (χ0n) is 24.7. The summed E-state index contributed by atoms with van der Waals surface area (Å²) >= 11 is 8.23. The highest BCUT2D eigenvalue weighted by atomic mass is 35.5. The summed E-state index contributed by atoms with van der Waals surface area (Å²) in [6.45, 7) is 6.94. The van der Waals surface area contributed by atoms with Crippen molar-refractivity contribution >= 4 is 46.8 Å². The quantitative estimate of drug-likeness (QED) is 0.448. The lowest BCUT2D eigenvalue weighted by Crippen LogP contribution is -2.57. The summed E-state index contributed by atoms with van der Waals surface area (Å²) < 4.78 is -0.965. The molecule has 0 aliphatic carbocycles. The number of fused-ring (bicyclic) bond motifs is 2. The molecule has 9 heteroatoms. The van der Waals surface area contributed by atoms with Crippen molar-refractivity contribution < 1.29 is 19.5 Å². The van der Waals surface area contributed by atoms with Crippen molar-refractivity contribution in [3.63, 3.8) is 0 Å². The first-order valence-electron chi connectivity index (χ1n) is 15.0. The number of thioether (sulfide) groups is 1. The van der Waals surface area contributed by atoms with Crippen LogP contribution in [0.25, 0.3) is 0 Å². The Morgan fingerprint density at radius 3 is 2.47 bits per heavy atom. The molecule has 2 aromatic rings. The second-order valence-electron chi connectivity index (χ2n) is 12.4. The molecule has 226 valence electrons. The van der Waals surface area contributed by atoms with E-state index in [0.29, 0.717) is 36.8 Å². The highest BCUT2D eigenvalue weighted by molar-refractivity contribution is 8.02. The summed E-state index contributed by atoms with van der Waals surface area (Å²) in [5.74, 6) is -1.73. The van der Waals surface area contributed by atoms with Gasteiger partial charge in [0.15, 0.2) is 0 Å². The van der Waals surface area contributed by atoms with Crippen LogP contribution in [0.5, 0.6) is 0 Å². The summed E-state index contributed by atoms with van der Waals surface area (Å²) in [5.41, 5.74) is 2.50. The van der Waals surface area contributed by atoms with Gasteiger partial charge < -0.3 is 19.8 Å². The number of aryl methyl sites for hydroxylation is 1. The van der Waals surface area contributed by atoms with E-state index in [1.807, 2.05) is 86.4 Å². The summed E-state index contributed by atoms with van der Waals surface area (Å²) in [7, 11) is 0. The van der Waals surface area contributed by atoms with Gasteiger partial charge in [-0.1, -0.05) is 92.2 Å². The van der Waals surface area contributed by atoms with Gasteiger partial charge in [0.1, 0.15) is 6.04 Å². The Morgan fingerprint density at radius 2 is 1.77 bits per heavy atom. The monoisotopic (exact) mass is 619 g/mol. The van der Waals surface area contributed by atoms with Crippen LogP contribution in [-0.2, 0) is 20.9 Å². The third kappa shape index (κ3) is 5.01. The van der Waals surface area contributed by atoms with Gasteiger partial charge in [-0.3, -0.25) is 14.4 Å². The topological polar surface area (TPSA) is 81.2 Å². The van der Waals surface area contributed by atoms with Gasteiger partial charge in [-0.05, 0) is 36.5 Å². The molecule has 3 amide bonds. The SMILES string of the molecule is Cc1cccc(Cl)c1N1CC=C[C@]23S[C@H]4C=CCN(Cc5ccccc5)C(=O)[C@H]4[C@H]2C(=O)N([C@@H](CO)CC(C)C)C3C1=O. The van der Waals surface area contributed by atoms with Gasteiger partial charge in [0, 0.05) is 24.9 Å². The first-order chi connectivity index (χ1) is 20.7. The van der Waals surface area contributed by atoms with Gasteiger partial charge in [-0.25, -0.2) is 0 Å². The molecule has 6 rings (SSSR count). The van der Waals surface area contributed by atoms with Crippen LogP contribution < -0.4 is 4.90 Å². The van der Waals surface area contributed by atoms with Gasteiger partial charge in [0.25, 0.3) is 5.91 Å². The molecule has 6 atom stereocenters. The molecule has 0 bridgehead atoms. The number of likely N-dealkylation sites (tertiary alicyclic amines) is 1. The third-order valence-electron chi connectivity index (χ3n) is 9.20. The summed E-state index contributed by atoms with van der Waals surface area (Å²) in [6.07, 6.45) is 8.57. The van der Waals surface area contributed by atoms with Crippen molar-refractivity contribution in [1.82, 2.24) is 9.80 Å². The third-order valence-corrected chi connectivity index (χ3v) is 11.3. The Labute approximate surface area is 262 Å². The van der Waals surface area contributed by atoms with Crippen LogP contribution in [0.15, 0.2) is 72.8 Å². The summed E-state index contributed by atoms with van der Waals surface area (Å²) in [4.78, 5) is 49.0. The fourth-order valence-corrected chi connectivity index (χ4v) is 9.77. The largest absolute Gasteiger partial charge is 0.394 e. The van der Waals surface area contributed by atoms with E-state index in [0.717, 1.165) is 11.1 Å². The predicted octanol–water partition coefficient (Wildman–Crippen LogP) is 4.85. The molecule has 4 heterocycles. The molecule has 2 fully saturated rings. The number of halogens is 1. The summed E-state index contributed by atoms with van der Waals surface area (Å²) in [5, 5.41) is 10.8. The van der Waals surface area contributed by atoms with Crippen LogP contribution in [0.1, 0.15) is 31.4 Å². The van der Waals surface area contributed by atoms with E-state index in [2.05, 4.69) is 6.08 Å². The number of carbonyl (C=O) groups is 3. The van der Waals surface area contributed by atoms with Crippen molar-refractivity contribution in [3.8, 4) is 0 Å². The first kappa shape index (κ1) is 30.0. The van der Waals surface area contributed by atoms with E-state index in [-0.39, 0.29) is 35.5 Å². The van der Waals surface area contributed by atoms with Gasteiger partial charge in [-0.15, -0.1) is 11.8 Å². The van der Waals surface area contributed by atoms with Gasteiger partial charge in [-0.2, -0.15) is 0 Å². The van der Waals surface area contributed by atoms with E-state index >= 15 is 0 Å². The average Bonchev–Trinajstić information content (AvgIpc) is 3.31. The van der Waals surface area contributed by atoms with Crippen LogP contribution in [0.4, 0.5) is 5.69 Å². The first-order valence-corrected chi connectivity index (χ1v) is 16.3. The minimum atomic E-state index is -0.965. The standard InChI is InChI=1S/C34H38ClN3O4S/c1-21(2)18-24(20-39)38-30-33(42)37(29-22(3)10-7-13-25(29)35)17-9-15-34(30)28(32(38)41)27-26(43-34)14-8-16-36(31(27)40)19-23-11-5-4-6-12-23/h4-15,21,24,26-28,30,39H,16-20H2,1-3H3/t24-,26+,27-,28+,30?,34+/m1/s1. The Kier molecular flexibility index (Phi) is 8.22.